The Kier molecular flexibility index (Phi) is 3.93. The Labute approximate surface area is 112 Å². The number of nitrogens with zero attached hydrogens (tertiary/aromatic N) is 1. The molecule has 1 aromatic heterocycles. The molecule has 1 saturated heterocycles. The molecule has 1 unspecified atom stereocenters. The first kappa shape index (κ1) is 13.6. The number of likely N-dealkylation sites (tertiary alicyclic amines) is 1. The molecule has 2 rings (SSSR count). The van der Waals surface area contributed by atoms with Gasteiger partial charge in [0, 0.05) is 25.4 Å². The number of carbonyl (C=O) groups excluding carboxylic acids is 1. The highest BCUT2D eigenvalue weighted by molar-refractivity contribution is 5.87. The maximum absolute atomic E-state index is 12.1. The molecule has 2 N–H and O–H groups in total. The smallest absolute Gasteiger partial charge is 0.329 e. The van der Waals surface area contributed by atoms with Crippen molar-refractivity contribution in [3.05, 3.63) is 24.0 Å². The highest BCUT2D eigenvalue weighted by Gasteiger charge is 2.45. The van der Waals surface area contributed by atoms with E-state index in [0.717, 1.165) is 19.3 Å². The van der Waals surface area contributed by atoms with Crippen molar-refractivity contribution in [3.8, 4) is 0 Å². The number of rotatable bonds is 5. The van der Waals surface area contributed by atoms with Gasteiger partial charge in [-0.25, -0.2) is 4.79 Å². The summed E-state index contributed by atoms with van der Waals surface area (Å²) in [5.41, 5.74) is 0.167. The fourth-order valence-electron chi connectivity index (χ4n) is 2.68. The van der Waals surface area contributed by atoms with Gasteiger partial charge in [-0.15, -0.1) is 0 Å². The zero-order valence-corrected chi connectivity index (χ0v) is 11.2. The summed E-state index contributed by atoms with van der Waals surface area (Å²) in [7, 11) is 0. The van der Waals surface area contributed by atoms with E-state index in [1.165, 1.54) is 10.5 Å². The van der Waals surface area contributed by atoms with Gasteiger partial charge in [0.15, 0.2) is 0 Å². The van der Waals surface area contributed by atoms with Gasteiger partial charge in [0.25, 0.3) is 0 Å². The topological polar surface area (TPSA) is 73.4 Å². The SMILES string of the molecule is CC1(C(=O)O)CCCN1C(=O)CCCc1cc[nH]c1. The lowest BCUT2D eigenvalue weighted by atomic mass is 9.99. The van der Waals surface area contributed by atoms with Crippen molar-refractivity contribution in [2.45, 2.75) is 44.6 Å². The second-order valence-electron chi connectivity index (χ2n) is 5.30. The van der Waals surface area contributed by atoms with Crippen molar-refractivity contribution < 1.29 is 14.7 Å². The van der Waals surface area contributed by atoms with Crippen molar-refractivity contribution >= 4 is 11.9 Å². The molecule has 0 aliphatic carbocycles. The van der Waals surface area contributed by atoms with E-state index in [1.54, 1.807) is 6.92 Å². The molecule has 104 valence electrons. The number of carboxylic acids is 1. The van der Waals surface area contributed by atoms with Gasteiger partial charge in [0.1, 0.15) is 5.54 Å². The van der Waals surface area contributed by atoms with E-state index in [1.807, 2.05) is 18.5 Å². The molecule has 0 radical (unpaired) electrons. The minimum atomic E-state index is -1.01. The molecule has 2 heterocycles. The second kappa shape index (κ2) is 5.47. The third-order valence-electron chi connectivity index (χ3n) is 3.92. The predicted molar refractivity (Wildman–Crippen MR) is 70.7 cm³/mol. The highest BCUT2D eigenvalue weighted by Crippen LogP contribution is 2.30. The van der Waals surface area contributed by atoms with E-state index in [0.29, 0.717) is 19.4 Å². The van der Waals surface area contributed by atoms with Gasteiger partial charge >= 0.3 is 5.97 Å². The van der Waals surface area contributed by atoms with Gasteiger partial charge < -0.3 is 15.0 Å². The normalized spacial score (nSPS) is 22.7. The van der Waals surface area contributed by atoms with Crippen LogP contribution in [0.15, 0.2) is 18.5 Å². The summed E-state index contributed by atoms with van der Waals surface area (Å²) >= 11 is 0. The number of hydrogen-bond donors (Lipinski definition) is 2. The van der Waals surface area contributed by atoms with Crippen LogP contribution in [0.25, 0.3) is 0 Å². The molecule has 1 fully saturated rings. The summed E-state index contributed by atoms with van der Waals surface area (Å²) in [4.78, 5) is 28.0. The van der Waals surface area contributed by atoms with Gasteiger partial charge in [-0.05, 0) is 44.2 Å². The maximum atomic E-state index is 12.1. The average molecular weight is 264 g/mol. The molecule has 19 heavy (non-hydrogen) atoms. The number of carbonyl (C=O) groups is 2. The first-order valence-electron chi connectivity index (χ1n) is 6.69. The number of aromatic nitrogens is 1. The lowest BCUT2D eigenvalue weighted by molar-refractivity contribution is -0.155. The number of aryl methyl sites for hydroxylation is 1. The zero-order valence-electron chi connectivity index (χ0n) is 11.2. The molecule has 1 amide bonds. The van der Waals surface area contributed by atoms with Crippen molar-refractivity contribution in [2.75, 3.05) is 6.54 Å². The molecule has 0 spiro atoms. The Balaban J connectivity index is 1.87. The van der Waals surface area contributed by atoms with Gasteiger partial charge in [0.2, 0.25) is 5.91 Å². The number of amides is 1. The summed E-state index contributed by atoms with van der Waals surface area (Å²) in [6.45, 7) is 2.21. The quantitative estimate of drug-likeness (QED) is 0.851. The summed E-state index contributed by atoms with van der Waals surface area (Å²) in [6.07, 6.45) is 7.10. The Morgan fingerprint density at radius 2 is 2.32 bits per heavy atom. The lowest BCUT2D eigenvalue weighted by Crippen LogP contribution is -2.50. The molecule has 1 aromatic rings. The zero-order chi connectivity index (χ0) is 13.9. The van der Waals surface area contributed by atoms with E-state index in [9.17, 15) is 14.7 Å². The predicted octanol–water partition coefficient (Wildman–Crippen LogP) is 1.80. The van der Waals surface area contributed by atoms with Gasteiger partial charge in [0.05, 0.1) is 0 Å². The maximum Gasteiger partial charge on any atom is 0.329 e. The molecule has 1 atom stereocenters. The van der Waals surface area contributed by atoms with Crippen LogP contribution in [0.2, 0.25) is 0 Å². The fraction of sp³-hybridized carbons (Fsp3) is 0.571. The molecule has 5 nitrogen and oxygen atoms in total. The van der Waals surface area contributed by atoms with Crippen LogP contribution in [0.3, 0.4) is 0 Å². The van der Waals surface area contributed by atoms with E-state index in [4.69, 9.17) is 0 Å². The molecule has 0 bridgehead atoms. The second-order valence-corrected chi connectivity index (χ2v) is 5.30. The van der Waals surface area contributed by atoms with Crippen molar-refractivity contribution in [1.29, 1.82) is 0 Å². The molecule has 1 aliphatic rings. The Morgan fingerprint density at radius 1 is 1.53 bits per heavy atom. The monoisotopic (exact) mass is 264 g/mol. The first-order chi connectivity index (χ1) is 9.04. The van der Waals surface area contributed by atoms with Crippen LogP contribution < -0.4 is 0 Å². The fourth-order valence-corrected chi connectivity index (χ4v) is 2.68. The van der Waals surface area contributed by atoms with Gasteiger partial charge in [-0.3, -0.25) is 4.79 Å². The number of carboxylic acid groups (broad SMARTS) is 1. The minimum absolute atomic E-state index is 0.0436. The largest absolute Gasteiger partial charge is 0.480 e. The van der Waals surface area contributed by atoms with E-state index >= 15 is 0 Å². The van der Waals surface area contributed by atoms with Gasteiger partial charge in [-0.2, -0.15) is 0 Å². The highest BCUT2D eigenvalue weighted by atomic mass is 16.4. The molecular weight excluding hydrogens is 244 g/mol. The average Bonchev–Trinajstić information content (AvgIpc) is 2.99. The van der Waals surface area contributed by atoms with E-state index < -0.39 is 11.5 Å². The standard InChI is InChI=1S/C14H20N2O3/c1-14(13(18)19)7-3-9-16(14)12(17)5-2-4-11-6-8-15-10-11/h6,8,10,15H,2-5,7,9H2,1H3,(H,18,19). The minimum Gasteiger partial charge on any atom is -0.480 e. The number of aromatic amines is 1. The van der Waals surface area contributed by atoms with Crippen LogP contribution in [0.5, 0.6) is 0 Å². The van der Waals surface area contributed by atoms with Crippen LogP contribution in [0, 0.1) is 0 Å². The summed E-state index contributed by atoms with van der Waals surface area (Å²) in [6, 6.07) is 1.99. The number of H-pyrrole nitrogens is 1. The summed E-state index contributed by atoms with van der Waals surface area (Å²) in [5.74, 6) is -0.943. The van der Waals surface area contributed by atoms with Crippen LogP contribution in [-0.4, -0.2) is 39.0 Å². The molecule has 0 saturated carbocycles. The molecule has 5 heteroatoms. The van der Waals surface area contributed by atoms with Crippen molar-refractivity contribution in [3.63, 3.8) is 0 Å². The molecular formula is C14H20N2O3. The van der Waals surface area contributed by atoms with E-state index in [2.05, 4.69) is 4.98 Å². The van der Waals surface area contributed by atoms with E-state index in [-0.39, 0.29) is 5.91 Å². The number of aliphatic carboxylic acids is 1. The first-order valence-corrected chi connectivity index (χ1v) is 6.69. The van der Waals surface area contributed by atoms with Gasteiger partial charge in [-0.1, -0.05) is 0 Å². The molecule has 1 aliphatic heterocycles. The Bertz CT molecular complexity index is 455. The van der Waals surface area contributed by atoms with Crippen molar-refractivity contribution in [2.24, 2.45) is 0 Å². The number of nitrogens with one attached hydrogen (secondary N) is 1. The molecule has 0 aromatic carbocycles. The Hall–Kier alpha value is -1.78. The third-order valence-corrected chi connectivity index (χ3v) is 3.92. The summed E-state index contributed by atoms with van der Waals surface area (Å²) < 4.78 is 0. The van der Waals surface area contributed by atoms with Crippen LogP contribution in [0.1, 0.15) is 38.2 Å². The van der Waals surface area contributed by atoms with Crippen LogP contribution in [-0.2, 0) is 16.0 Å². The van der Waals surface area contributed by atoms with Crippen molar-refractivity contribution in [1.82, 2.24) is 9.88 Å². The summed E-state index contributed by atoms with van der Waals surface area (Å²) in [5, 5.41) is 9.27. The Morgan fingerprint density at radius 3 is 2.95 bits per heavy atom. The number of hydrogen-bond acceptors (Lipinski definition) is 2. The van der Waals surface area contributed by atoms with Crippen LogP contribution >= 0.6 is 0 Å². The lowest BCUT2D eigenvalue weighted by Gasteiger charge is -2.31. The third kappa shape index (κ3) is 2.80. The van der Waals surface area contributed by atoms with Crippen LogP contribution in [0.4, 0.5) is 0 Å².